The molecule has 3 heteroatoms. The number of rotatable bonds is 3. The van der Waals surface area contributed by atoms with Crippen LogP contribution in [0.5, 0.6) is 0 Å². The topological polar surface area (TPSA) is 26.3 Å². The molecule has 2 bridgehead atoms. The number of hydrogen-bond donors (Lipinski definition) is 0. The van der Waals surface area contributed by atoms with Crippen LogP contribution in [0.1, 0.15) is 31.2 Å². The zero-order valence-corrected chi connectivity index (χ0v) is 10.3. The van der Waals surface area contributed by atoms with Gasteiger partial charge in [0.1, 0.15) is 11.6 Å². The Morgan fingerprint density at radius 3 is 2.67 bits per heavy atom. The van der Waals surface area contributed by atoms with Crippen molar-refractivity contribution in [3.63, 3.8) is 0 Å². The van der Waals surface area contributed by atoms with Gasteiger partial charge in [0.2, 0.25) is 0 Å². The second-order valence-electron chi connectivity index (χ2n) is 5.40. The van der Waals surface area contributed by atoms with Crippen LogP contribution in [0.2, 0.25) is 0 Å². The van der Waals surface area contributed by atoms with E-state index in [1.54, 1.807) is 6.07 Å². The van der Waals surface area contributed by atoms with Crippen molar-refractivity contribution in [2.24, 2.45) is 5.92 Å². The molecule has 0 radical (unpaired) electrons. The molecule has 2 heterocycles. The molecule has 0 aliphatic carbocycles. The Balaban J connectivity index is 1.65. The average Bonchev–Trinajstić information content (AvgIpc) is 2.68. The highest BCUT2D eigenvalue weighted by molar-refractivity contribution is 5.83. The second kappa shape index (κ2) is 4.81. The summed E-state index contributed by atoms with van der Waals surface area (Å²) in [6.07, 6.45) is 4.80. The maximum atomic E-state index is 13.1. The molecule has 0 saturated carbocycles. The maximum Gasteiger partial charge on any atom is 0.140 e. The molecule has 2 fully saturated rings. The van der Waals surface area contributed by atoms with E-state index in [0.717, 1.165) is 31.2 Å². The third kappa shape index (κ3) is 2.46. The zero-order chi connectivity index (χ0) is 12.5. The van der Waals surface area contributed by atoms with Crippen LogP contribution in [0.3, 0.4) is 0 Å². The van der Waals surface area contributed by atoms with Crippen molar-refractivity contribution in [1.29, 1.82) is 0 Å². The van der Waals surface area contributed by atoms with Gasteiger partial charge in [0.15, 0.2) is 0 Å². The van der Waals surface area contributed by atoms with Gasteiger partial charge in [-0.25, -0.2) is 4.39 Å². The summed E-state index contributed by atoms with van der Waals surface area (Å²) in [5.74, 6) is 0.0765. The molecule has 0 spiro atoms. The van der Waals surface area contributed by atoms with Crippen LogP contribution in [0.15, 0.2) is 24.3 Å². The lowest BCUT2D eigenvalue weighted by atomic mass is 9.88. The van der Waals surface area contributed by atoms with Gasteiger partial charge in [0.05, 0.1) is 12.2 Å². The van der Waals surface area contributed by atoms with Crippen molar-refractivity contribution >= 4 is 5.78 Å². The second-order valence-corrected chi connectivity index (χ2v) is 5.40. The molecule has 0 amide bonds. The molecule has 2 aliphatic heterocycles. The van der Waals surface area contributed by atoms with Crippen LogP contribution in [-0.4, -0.2) is 18.0 Å². The molecular formula is C15H17FO2. The third-order valence-electron chi connectivity index (χ3n) is 4.01. The van der Waals surface area contributed by atoms with Crippen LogP contribution >= 0.6 is 0 Å². The van der Waals surface area contributed by atoms with Crippen LogP contribution in [0, 0.1) is 11.7 Å². The first-order valence-corrected chi connectivity index (χ1v) is 6.63. The molecule has 18 heavy (non-hydrogen) atoms. The van der Waals surface area contributed by atoms with Crippen molar-refractivity contribution < 1.29 is 13.9 Å². The Bertz CT molecular complexity index is 446. The number of carbonyl (C=O) groups excluding carboxylic acids is 1. The van der Waals surface area contributed by atoms with Crippen LogP contribution in [-0.2, 0) is 16.0 Å². The lowest BCUT2D eigenvalue weighted by Gasteiger charge is -2.27. The molecule has 96 valence electrons. The van der Waals surface area contributed by atoms with E-state index in [-0.39, 0.29) is 29.7 Å². The van der Waals surface area contributed by atoms with Crippen molar-refractivity contribution in [2.45, 2.75) is 44.3 Å². The van der Waals surface area contributed by atoms with E-state index in [1.807, 2.05) is 6.07 Å². The zero-order valence-electron chi connectivity index (χ0n) is 10.3. The fraction of sp³-hybridized carbons (Fsp3) is 0.533. The molecule has 2 aliphatic rings. The third-order valence-corrected chi connectivity index (χ3v) is 4.01. The summed E-state index contributed by atoms with van der Waals surface area (Å²) in [4.78, 5) is 12.2. The molecule has 2 nitrogen and oxygen atoms in total. The number of benzene rings is 1. The van der Waals surface area contributed by atoms with Gasteiger partial charge >= 0.3 is 0 Å². The quantitative estimate of drug-likeness (QED) is 0.822. The van der Waals surface area contributed by atoms with Gasteiger partial charge in [-0.2, -0.15) is 0 Å². The van der Waals surface area contributed by atoms with Crippen molar-refractivity contribution in [2.75, 3.05) is 0 Å². The standard InChI is InChI=1S/C15H17FO2/c16-12-3-1-2-10(6-12)7-15(17)11-8-13-4-5-14(9-11)18-13/h1-3,6,11,13-14H,4-5,7-9H2. The van der Waals surface area contributed by atoms with Crippen molar-refractivity contribution in [1.82, 2.24) is 0 Å². The summed E-state index contributed by atoms with van der Waals surface area (Å²) in [6, 6.07) is 6.33. The Labute approximate surface area is 106 Å². The van der Waals surface area contributed by atoms with Crippen molar-refractivity contribution in [3.8, 4) is 0 Å². The highest BCUT2D eigenvalue weighted by Gasteiger charge is 2.37. The van der Waals surface area contributed by atoms with Gasteiger partial charge < -0.3 is 4.74 Å². The minimum Gasteiger partial charge on any atom is -0.375 e. The number of fused-ring (bicyclic) bond motifs is 2. The normalized spacial score (nSPS) is 30.4. The molecule has 2 unspecified atom stereocenters. The molecule has 2 atom stereocenters. The van der Waals surface area contributed by atoms with E-state index >= 15 is 0 Å². The number of ketones is 1. The Hall–Kier alpha value is -1.22. The molecule has 3 rings (SSSR count). The molecule has 1 aromatic carbocycles. The number of halogens is 1. The summed E-state index contributed by atoms with van der Waals surface area (Å²) in [5.41, 5.74) is 0.777. The first-order valence-electron chi connectivity index (χ1n) is 6.63. The predicted molar refractivity (Wildman–Crippen MR) is 65.7 cm³/mol. The molecule has 2 saturated heterocycles. The number of carbonyl (C=O) groups is 1. The fourth-order valence-electron chi connectivity index (χ4n) is 3.11. The summed E-state index contributed by atoms with van der Waals surface area (Å²) >= 11 is 0. The summed E-state index contributed by atoms with van der Waals surface area (Å²) in [5, 5.41) is 0. The van der Waals surface area contributed by atoms with Crippen LogP contribution in [0.4, 0.5) is 4.39 Å². The van der Waals surface area contributed by atoms with Gasteiger partial charge in [0, 0.05) is 12.3 Å². The average molecular weight is 248 g/mol. The van der Waals surface area contributed by atoms with Gasteiger partial charge in [-0.05, 0) is 43.4 Å². The monoisotopic (exact) mass is 248 g/mol. The Kier molecular flexibility index (Phi) is 3.16. The van der Waals surface area contributed by atoms with Crippen LogP contribution < -0.4 is 0 Å². The minimum atomic E-state index is -0.271. The van der Waals surface area contributed by atoms with E-state index in [0.29, 0.717) is 6.42 Å². The minimum absolute atomic E-state index is 0.111. The highest BCUT2D eigenvalue weighted by atomic mass is 19.1. The smallest absolute Gasteiger partial charge is 0.140 e. The van der Waals surface area contributed by atoms with Gasteiger partial charge in [-0.3, -0.25) is 4.79 Å². The molecule has 0 aromatic heterocycles. The van der Waals surface area contributed by atoms with Gasteiger partial charge in [0.25, 0.3) is 0 Å². The van der Waals surface area contributed by atoms with E-state index in [1.165, 1.54) is 12.1 Å². The highest BCUT2D eigenvalue weighted by Crippen LogP contribution is 2.36. The number of hydrogen-bond acceptors (Lipinski definition) is 2. The van der Waals surface area contributed by atoms with E-state index in [2.05, 4.69) is 0 Å². The van der Waals surface area contributed by atoms with Crippen LogP contribution in [0.25, 0.3) is 0 Å². The van der Waals surface area contributed by atoms with Gasteiger partial charge in [-0.1, -0.05) is 12.1 Å². The molecule has 0 N–H and O–H groups in total. The summed E-state index contributed by atoms with van der Waals surface area (Å²) in [7, 11) is 0. The lowest BCUT2D eigenvalue weighted by Crippen LogP contribution is -2.30. The first-order chi connectivity index (χ1) is 8.70. The van der Waals surface area contributed by atoms with Crippen molar-refractivity contribution in [3.05, 3.63) is 35.6 Å². The molecular weight excluding hydrogens is 231 g/mol. The van der Waals surface area contributed by atoms with E-state index in [9.17, 15) is 9.18 Å². The summed E-state index contributed by atoms with van der Waals surface area (Å²) < 4.78 is 18.8. The Morgan fingerprint density at radius 2 is 2.00 bits per heavy atom. The van der Waals surface area contributed by atoms with Gasteiger partial charge in [-0.15, -0.1) is 0 Å². The largest absolute Gasteiger partial charge is 0.375 e. The predicted octanol–water partition coefficient (Wildman–Crippen LogP) is 2.89. The summed E-state index contributed by atoms with van der Waals surface area (Å²) in [6.45, 7) is 0. The Morgan fingerprint density at radius 1 is 1.28 bits per heavy atom. The lowest BCUT2D eigenvalue weighted by molar-refractivity contribution is -0.127. The van der Waals surface area contributed by atoms with E-state index < -0.39 is 0 Å². The van der Waals surface area contributed by atoms with E-state index in [4.69, 9.17) is 4.74 Å². The number of ether oxygens (including phenoxy) is 1. The SMILES string of the molecule is O=C(Cc1cccc(F)c1)C1CC2CCC(C1)O2. The maximum absolute atomic E-state index is 13.1. The fourth-order valence-corrected chi connectivity index (χ4v) is 3.11. The first kappa shape index (κ1) is 11.8. The molecule has 1 aromatic rings. The number of Topliss-reactive ketones (excluding diaryl/α,β-unsaturated/α-hetero) is 1.